The molecule has 0 saturated carbocycles. The van der Waals surface area contributed by atoms with Gasteiger partial charge in [-0.2, -0.15) is 10.1 Å². The Hall–Kier alpha value is -3.95. The van der Waals surface area contributed by atoms with E-state index in [1.807, 2.05) is 24.3 Å². The Morgan fingerprint density at radius 1 is 1.18 bits per heavy atom. The molecule has 0 spiro atoms. The number of aromatic nitrogens is 7. The van der Waals surface area contributed by atoms with E-state index in [2.05, 4.69) is 35.5 Å². The van der Waals surface area contributed by atoms with Gasteiger partial charge < -0.3 is 9.84 Å². The summed E-state index contributed by atoms with van der Waals surface area (Å²) in [6, 6.07) is 9.14. The monoisotopic (exact) mass is 376 g/mol. The van der Waals surface area contributed by atoms with Crippen molar-refractivity contribution >= 4 is 5.91 Å². The van der Waals surface area contributed by atoms with Gasteiger partial charge in [-0.25, -0.2) is 14.6 Å². The van der Waals surface area contributed by atoms with E-state index in [0.29, 0.717) is 36.2 Å². The maximum absolute atomic E-state index is 12.1. The lowest BCUT2D eigenvalue weighted by Gasteiger charge is -2.05. The Kier molecular flexibility index (Phi) is 5.09. The fourth-order valence-electron chi connectivity index (χ4n) is 2.45. The number of amides is 1. The van der Waals surface area contributed by atoms with Crippen molar-refractivity contribution in [3.05, 3.63) is 66.8 Å². The van der Waals surface area contributed by atoms with Gasteiger partial charge in [-0.15, -0.1) is 0 Å². The highest BCUT2D eigenvalue weighted by atomic mass is 16.5. The summed E-state index contributed by atoms with van der Waals surface area (Å²) < 4.78 is 6.74. The molecule has 0 unspecified atom stereocenters. The van der Waals surface area contributed by atoms with Gasteiger partial charge in [-0.3, -0.25) is 9.78 Å². The molecule has 0 aliphatic rings. The fraction of sp³-hybridized carbons (Fsp3) is 0.167. The highest BCUT2D eigenvalue weighted by Gasteiger charge is 2.11. The average Bonchev–Trinajstić information content (AvgIpc) is 3.44. The molecule has 0 aliphatic carbocycles. The Balaban J connectivity index is 1.25. The number of hydrogen-bond acceptors (Lipinski definition) is 8. The van der Waals surface area contributed by atoms with Crippen molar-refractivity contribution in [1.29, 1.82) is 0 Å². The standard InChI is InChI=1S/C18H16N8O2/c27-16(6-7-17-24-18(25-28-17)14-3-1-2-8-20-14)22-10-13-4-5-15(21-9-13)26-12-19-11-23-26/h1-5,8-9,11-12H,6-7,10H2,(H,22,27). The summed E-state index contributed by atoms with van der Waals surface area (Å²) in [5, 5.41) is 10.7. The summed E-state index contributed by atoms with van der Waals surface area (Å²) in [6.45, 7) is 0.381. The molecule has 0 aromatic carbocycles. The second-order valence-electron chi connectivity index (χ2n) is 5.87. The van der Waals surface area contributed by atoms with E-state index in [1.165, 1.54) is 6.33 Å². The van der Waals surface area contributed by atoms with Crippen molar-refractivity contribution in [1.82, 2.24) is 40.2 Å². The Labute approximate surface area is 159 Å². The molecule has 0 aliphatic heterocycles. The van der Waals surface area contributed by atoms with Gasteiger partial charge in [0.05, 0.1) is 0 Å². The maximum Gasteiger partial charge on any atom is 0.227 e. The number of pyridine rings is 2. The lowest BCUT2D eigenvalue weighted by atomic mass is 10.2. The van der Waals surface area contributed by atoms with Gasteiger partial charge in [0.1, 0.15) is 18.3 Å². The third kappa shape index (κ3) is 4.23. The van der Waals surface area contributed by atoms with Crippen molar-refractivity contribution in [3.8, 4) is 17.3 Å². The molecule has 0 fully saturated rings. The number of carbonyl (C=O) groups excluding carboxylic acids is 1. The minimum Gasteiger partial charge on any atom is -0.352 e. The van der Waals surface area contributed by atoms with E-state index < -0.39 is 0 Å². The number of nitrogens with zero attached hydrogens (tertiary/aromatic N) is 7. The van der Waals surface area contributed by atoms with E-state index in [9.17, 15) is 4.79 Å². The summed E-state index contributed by atoms with van der Waals surface area (Å²) in [5.74, 6) is 1.36. The predicted molar refractivity (Wildman–Crippen MR) is 96.9 cm³/mol. The molecule has 10 nitrogen and oxygen atoms in total. The normalized spacial score (nSPS) is 10.7. The minimum atomic E-state index is -0.113. The Bertz CT molecular complexity index is 1030. The highest BCUT2D eigenvalue weighted by Crippen LogP contribution is 2.12. The molecular formula is C18H16N8O2. The molecule has 140 valence electrons. The second-order valence-corrected chi connectivity index (χ2v) is 5.87. The van der Waals surface area contributed by atoms with Gasteiger partial charge in [-0.05, 0) is 23.8 Å². The lowest BCUT2D eigenvalue weighted by molar-refractivity contribution is -0.121. The van der Waals surface area contributed by atoms with Gasteiger partial charge >= 0.3 is 0 Å². The first-order chi connectivity index (χ1) is 13.8. The SMILES string of the molecule is O=C(CCc1nc(-c2ccccn2)no1)NCc1ccc(-n2cncn2)nc1. The third-order valence-corrected chi connectivity index (χ3v) is 3.88. The first-order valence-electron chi connectivity index (χ1n) is 8.58. The predicted octanol–water partition coefficient (Wildman–Crippen LogP) is 1.36. The van der Waals surface area contributed by atoms with Crippen LogP contribution in [0.3, 0.4) is 0 Å². The van der Waals surface area contributed by atoms with Crippen LogP contribution in [-0.4, -0.2) is 40.8 Å². The molecule has 4 aromatic heterocycles. The molecule has 0 saturated heterocycles. The molecule has 0 radical (unpaired) electrons. The number of nitrogens with one attached hydrogen (secondary N) is 1. The number of hydrogen-bond donors (Lipinski definition) is 1. The number of aryl methyl sites for hydroxylation is 1. The summed E-state index contributed by atoms with van der Waals surface area (Å²) in [7, 11) is 0. The minimum absolute atomic E-state index is 0.113. The van der Waals surface area contributed by atoms with Crippen LogP contribution in [0, 0.1) is 0 Å². The van der Waals surface area contributed by atoms with Gasteiger partial charge in [0.2, 0.25) is 17.6 Å². The molecule has 0 bridgehead atoms. The van der Waals surface area contributed by atoms with Crippen LogP contribution in [0.5, 0.6) is 0 Å². The van der Waals surface area contributed by atoms with Crippen LogP contribution in [0.1, 0.15) is 17.9 Å². The number of rotatable bonds is 7. The van der Waals surface area contributed by atoms with Crippen molar-refractivity contribution < 1.29 is 9.32 Å². The van der Waals surface area contributed by atoms with E-state index in [-0.39, 0.29) is 12.3 Å². The lowest BCUT2D eigenvalue weighted by Crippen LogP contribution is -2.23. The van der Waals surface area contributed by atoms with E-state index in [4.69, 9.17) is 4.52 Å². The molecule has 0 atom stereocenters. The van der Waals surface area contributed by atoms with Crippen molar-refractivity contribution in [3.63, 3.8) is 0 Å². The Morgan fingerprint density at radius 2 is 2.14 bits per heavy atom. The zero-order valence-electron chi connectivity index (χ0n) is 14.8. The van der Waals surface area contributed by atoms with Crippen molar-refractivity contribution in [2.45, 2.75) is 19.4 Å². The van der Waals surface area contributed by atoms with E-state index in [0.717, 1.165) is 5.56 Å². The number of carbonyl (C=O) groups is 1. The summed E-state index contributed by atoms with van der Waals surface area (Å²) >= 11 is 0. The van der Waals surface area contributed by atoms with Crippen LogP contribution < -0.4 is 5.32 Å². The molecule has 4 heterocycles. The van der Waals surface area contributed by atoms with Crippen LogP contribution in [0.15, 0.2) is 59.9 Å². The quantitative estimate of drug-likeness (QED) is 0.512. The average molecular weight is 376 g/mol. The maximum atomic E-state index is 12.1. The van der Waals surface area contributed by atoms with Crippen LogP contribution in [-0.2, 0) is 17.8 Å². The Morgan fingerprint density at radius 3 is 2.89 bits per heavy atom. The fourth-order valence-corrected chi connectivity index (χ4v) is 2.45. The molecule has 28 heavy (non-hydrogen) atoms. The second kappa shape index (κ2) is 8.16. The third-order valence-electron chi connectivity index (χ3n) is 3.88. The molecule has 1 amide bonds. The summed E-state index contributed by atoms with van der Waals surface area (Å²) in [5.41, 5.74) is 1.51. The molecule has 1 N–H and O–H groups in total. The van der Waals surface area contributed by atoms with Gasteiger partial charge in [0.15, 0.2) is 5.82 Å². The van der Waals surface area contributed by atoms with Gasteiger partial charge in [0.25, 0.3) is 0 Å². The molecule has 4 rings (SSSR count). The van der Waals surface area contributed by atoms with E-state index >= 15 is 0 Å². The van der Waals surface area contributed by atoms with Crippen LogP contribution >= 0.6 is 0 Å². The summed E-state index contributed by atoms with van der Waals surface area (Å²) in [6.07, 6.45) is 6.96. The van der Waals surface area contributed by atoms with E-state index in [1.54, 1.807) is 29.5 Å². The molecular weight excluding hydrogens is 360 g/mol. The van der Waals surface area contributed by atoms with Crippen LogP contribution in [0.25, 0.3) is 17.3 Å². The topological polar surface area (TPSA) is 125 Å². The van der Waals surface area contributed by atoms with Gasteiger partial charge in [0, 0.05) is 31.8 Å². The van der Waals surface area contributed by atoms with Crippen molar-refractivity contribution in [2.24, 2.45) is 0 Å². The van der Waals surface area contributed by atoms with Crippen molar-refractivity contribution in [2.75, 3.05) is 0 Å². The zero-order valence-corrected chi connectivity index (χ0v) is 14.8. The van der Waals surface area contributed by atoms with Crippen LogP contribution in [0.2, 0.25) is 0 Å². The first kappa shape index (κ1) is 17.5. The smallest absolute Gasteiger partial charge is 0.227 e. The molecule has 10 heteroatoms. The zero-order chi connectivity index (χ0) is 19.2. The largest absolute Gasteiger partial charge is 0.352 e. The first-order valence-corrected chi connectivity index (χ1v) is 8.58. The molecule has 4 aromatic rings. The highest BCUT2D eigenvalue weighted by molar-refractivity contribution is 5.76. The van der Waals surface area contributed by atoms with Gasteiger partial charge in [-0.1, -0.05) is 17.3 Å². The summed E-state index contributed by atoms with van der Waals surface area (Å²) in [4.78, 5) is 28.7. The van der Waals surface area contributed by atoms with Crippen LogP contribution in [0.4, 0.5) is 0 Å².